The molecule has 0 bridgehead atoms. The number of hydrogen-bond acceptors (Lipinski definition) is 4. The van der Waals surface area contributed by atoms with Crippen molar-refractivity contribution < 1.29 is 4.74 Å². The van der Waals surface area contributed by atoms with Crippen LogP contribution in [0.25, 0.3) is 0 Å². The Kier molecular flexibility index (Phi) is 4.13. The number of hydrogen-bond donors (Lipinski definition) is 1. The Morgan fingerprint density at radius 2 is 1.85 bits per heavy atom. The van der Waals surface area contributed by atoms with Gasteiger partial charge in [-0.15, -0.1) is 0 Å². The molecule has 0 aliphatic heterocycles. The van der Waals surface area contributed by atoms with Gasteiger partial charge >= 0.3 is 0 Å². The lowest BCUT2D eigenvalue weighted by molar-refractivity contribution is 0.415. The summed E-state index contributed by atoms with van der Waals surface area (Å²) in [5.41, 5.74) is 11.1. The van der Waals surface area contributed by atoms with Crippen molar-refractivity contribution >= 4 is 11.4 Å². The van der Waals surface area contributed by atoms with Gasteiger partial charge in [0.15, 0.2) is 0 Å². The number of aromatic nitrogens is 1. The summed E-state index contributed by atoms with van der Waals surface area (Å²) < 4.78 is 5.17. The number of nitrogens with zero attached hydrogens (tertiary/aromatic N) is 2. The Labute approximate surface area is 120 Å². The second kappa shape index (κ2) is 5.82. The summed E-state index contributed by atoms with van der Waals surface area (Å²) in [6, 6.07) is 7.97. The molecule has 0 aliphatic rings. The van der Waals surface area contributed by atoms with Gasteiger partial charge in [0.05, 0.1) is 19.3 Å². The minimum atomic E-state index is 0.725. The first-order valence-electron chi connectivity index (χ1n) is 6.58. The zero-order chi connectivity index (χ0) is 14.7. The van der Waals surface area contributed by atoms with Crippen LogP contribution < -0.4 is 15.4 Å². The molecule has 1 heterocycles. The highest BCUT2D eigenvalue weighted by atomic mass is 16.5. The van der Waals surface area contributed by atoms with E-state index < -0.39 is 0 Å². The molecule has 2 rings (SSSR count). The van der Waals surface area contributed by atoms with Crippen LogP contribution in [0.15, 0.2) is 30.5 Å². The van der Waals surface area contributed by atoms with E-state index in [1.54, 1.807) is 7.11 Å². The predicted molar refractivity (Wildman–Crippen MR) is 83.2 cm³/mol. The van der Waals surface area contributed by atoms with Crippen molar-refractivity contribution in [3.8, 4) is 5.75 Å². The average molecular weight is 271 g/mol. The van der Waals surface area contributed by atoms with Crippen LogP contribution in [0.5, 0.6) is 5.75 Å². The molecule has 0 amide bonds. The Morgan fingerprint density at radius 1 is 1.20 bits per heavy atom. The van der Waals surface area contributed by atoms with Gasteiger partial charge in [-0.1, -0.05) is 0 Å². The Morgan fingerprint density at radius 3 is 2.45 bits per heavy atom. The quantitative estimate of drug-likeness (QED) is 0.929. The number of nitrogen functional groups attached to an aromatic ring is 1. The maximum atomic E-state index is 6.06. The van der Waals surface area contributed by atoms with Crippen LogP contribution in [0, 0.1) is 13.8 Å². The number of pyridine rings is 1. The fourth-order valence-electron chi connectivity index (χ4n) is 2.10. The van der Waals surface area contributed by atoms with E-state index in [0.717, 1.165) is 40.5 Å². The zero-order valence-electron chi connectivity index (χ0n) is 12.5. The molecule has 0 aliphatic carbocycles. The fourth-order valence-corrected chi connectivity index (χ4v) is 2.10. The van der Waals surface area contributed by atoms with Gasteiger partial charge in [-0.3, -0.25) is 4.98 Å². The first-order chi connectivity index (χ1) is 9.52. The third-order valence-electron chi connectivity index (χ3n) is 3.58. The van der Waals surface area contributed by atoms with Crippen molar-refractivity contribution in [3.63, 3.8) is 0 Å². The van der Waals surface area contributed by atoms with Crippen LogP contribution >= 0.6 is 0 Å². The van der Waals surface area contributed by atoms with Crippen molar-refractivity contribution in [1.29, 1.82) is 0 Å². The first-order valence-corrected chi connectivity index (χ1v) is 6.58. The van der Waals surface area contributed by atoms with Crippen molar-refractivity contribution in [3.05, 3.63) is 47.3 Å². The molecule has 106 valence electrons. The van der Waals surface area contributed by atoms with Gasteiger partial charge in [0.1, 0.15) is 5.75 Å². The van der Waals surface area contributed by atoms with Gasteiger partial charge < -0.3 is 15.4 Å². The highest BCUT2D eigenvalue weighted by Crippen LogP contribution is 2.22. The minimum Gasteiger partial charge on any atom is -0.497 e. The summed E-state index contributed by atoms with van der Waals surface area (Å²) in [5.74, 6) is 0.857. The van der Waals surface area contributed by atoms with Gasteiger partial charge in [0.2, 0.25) is 0 Å². The molecule has 0 saturated carbocycles. The monoisotopic (exact) mass is 271 g/mol. The van der Waals surface area contributed by atoms with Crippen molar-refractivity contribution in [2.75, 3.05) is 24.8 Å². The van der Waals surface area contributed by atoms with Crippen molar-refractivity contribution in [1.82, 2.24) is 4.98 Å². The van der Waals surface area contributed by atoms with Crippen LogP contribution in [0.3, 0.4) is 0 Å². The number of nitrogens with two attached hydrogens (primary N) is 1. The smallest absolute Gasteiger partial charge is 0.119 e. The molecule has 4 heteroatoms. The van der Waals surface area contributed by atoms with Crippen LogP contribution in [0.1, 0.15) is 16.8 Å². The maximum absolute atomic E-state index is 6.06. The molecular formula is C16H21N3O. The molecule has 2 N–H and O–H groups in total. The van der Waals surface area contributed by atoms with E-state index in [1.165, 1.54) is 0 Å². The Hall–Kier alpha value is -2.23. The summed E-state index contributed by atoms with van der Waals surface area (Å²) >= 11 is 0. The molecule has 0 unspecified atom stereocenters. The van der Waals surface area contributed by atoms with E-state index in [4.69, 9.17) is 10.5 Å². The SMILES string of the molecule is COc1ccc(N(C)Cc2ncc(C)c(N)c2C)cc1. The third-order valence-corrected chi connectivity index (χ3v) is 3.58. The molecule has 0 radical (unpaired) electrons. The minimum absolute atomic E-state index is 0.725. The van der Waals surface area contributed by atoms with E-state index in [9.17, 15) is 0 Å². The van der Waals surface area contributed by atoms with Gasteiger partial charge in [0.25, 0.3) is 0 Å². The van der Waals surface area contributed by atoms with E-state index in [0.29, 0.717) is 0 Å². The zero-order valence-corrected chi connectivity index (χ0v) is 12.5. The number of rotatable bonds is 4. The molecular weight excluding hydrogens is 250 g/mol. The van der Waals surface area contributed by atoms with Gasteiger partial charge in [0, 0.05) is 24.6 Å². The van der Waals surface area contributed by atoms with Crippen LogP contribution in [-0.2, 0) is 6.54 Å². The molecule has 1 aromatic heterocycles. The van der Waals surface area contributed by atoms with E-state index in [2.05, 4.69) is 9.88 Å². The highest BCUT2D eigenvalue weighted by Gasteiger charge is 2.09. The van der Waals surface area contributed by atoms with Crippen LogP contribution in [0.4, 0.5) is 11.4 Å². The molecule has 2 aromatic rings. The van der Waals surface area contributed by atoms with Gasteiger partial charge in [-0.2, -0.15) is 0 Å². The summed E-state index contributed by atoms with van der Waals surface area (Å²) in [7, 11) is 3.71. The summed E-state index contributed by atoms with van der Waals surface area (Å²) in [6.07, 6.45) is 1.83. The summed E-state index contributed by atoms with van der Waals surface area (Å²) in [5, 5.41) is 0. The number of benzene rings is 1. The Bertz CT molecular complexity index is 593. The second-order valence-corrected chi connectivity index (χ2v) is 4.98. The second-order valence-electron chi connectivity index (χ2n) is 4.98. The fraction of sp³-hybridized carbons (Fsp3) is 0.312. The first kappa shape index (κ1) is 14.2. The van der Waals surface area contributed by atoms with Crippen molar-refractivity contribution in [2.45, 2.75) is 20.4 Å². The highest BCUT2D eigenvalue weighted by molar-refractivity contribution is 5.55. The number of methoxy groups -OCH3 is 1. The summed E-state index contributed by atoms with van der Waals surface area (Å²) in [4.78, 5) is 6.63. The largest absolute Gasteiger partial charge is 0.497 e. The van der Waals surface area contributed by atoms with E-state index in [-0.39, 0.29) is 0 Å². The average Bonchev–Trinajstić information content (AvgIpc) is 2.48. The molecule has 0 saturated heterocycles. The third kappa shape index (κ3) is 2.85. The number of aryl methyl sites for hydroxylation is 1. The molecule has 0 spiro atoms. The number of ether oxygens (including phenoxy) is 1. The van der Waals surface area contributed by atoms with E-state index >= 15 is 0 Å². The van der Waals surface area contributed by atoms with E-state index in [1.807, 2.05) is 51.4 Å². The molecule has 0 fully saturated rings. The lowest BCUT2D eigenvalue weighted by atomic mass is 10.1. The normalized spacial score (nSPS) is 10.4. The van der Waals surface area contributed by atoms with Gasteiger partial charge in [-0.25, -0.2) is 0 Å². The standard InChI is InChI=1S/C16H21N3O/c1-11-9-18-15(12(2)16(11)17)10-19(3)13-5-7-14(20-4)8-6-13/h5-9H,10H2,1-4H3,(H2,17,18). The predicted octanol–water partition coefficient (Wildman–Crippen LogP) is 2.93. The lowest BCUT2D eigenvalue weighted by Gasteiger charge is -2.21. The number of anilines is 2. The summed E-state index contributed by atoms with van der Waals surface area (Å²) in [6.45, 7) is 4.72. The topological polar surface area (TPSA) is 51.4 Å². The molecule has 1 aromatic carbocycles. The van der Waals surface area contributed by atoms with Crippen LogP contribution in [0.2, 0.25) is 0 Å². The Balaban J connectivity index is 2.18. The lowest BCUT2D eigenvalue weighted by Crippen LogP contribution is -2.18. The maximum Gasteiger partial charge on any atom is 0.119 e. The van der Waals surface area contributed by atoms with Crippen LogP contribution in [-0.4, -0.2) is 19.1 Å². The molecule has 0 atom stereocenters. The molecule has 20 heavy (non-hydrogen) atoms. The van der Waals surface area contributed by atoms with Crippen molar-refractivity contribution in [2.24, 2.45) is 0 Å². The molecule has 4 nitrogen and oxygen atoms in total. The van der Waals surface area contributed by atoms with Gasteiger partial charge in [-0.05, 0) is 49.2 Å².